The number of nitroso groups, excluding NO2 is 1. The number of alkyl halides is 9. The van der Waals surface area contributed by atoms with Crippen molar-refractivity contribution in [3.05, 3.63) is 34.2 Å². The fourth-order valence-electron chi connectivity index (χ4n) is 5.67. The van der Waals surface area contributed by atoms with Crippen molar-refractivity contribution in [2.75, 3.05) is 50.8 Å². The molecule has 3 heterocycles. The molecule has 3 aliphatic rings. The Bertz CT molecular complexity index is 1210. The number of piperidine rings is 1. The van der Waals surface area contributed by atoms with E-state index in [1.807, 2.05) is 4.90 Å². The standard InChI is InChI=1S/C25H27F9N4O5/c1-21(19(39)35-41)12-38(6-7-42-21)17-9-15(8-16(10-17)23(26,27)28)11-36-13-22(14-36)2-4-37(5-3-22)20(40)43-18(24(29,30)31)25(32,33)34/h8-10,18H,2-7,11-14H2,1H3. The third-order valence-corrected chi connectivity index (χ3v) is 7.90. The molecule has 0 aliphatic carbocycles. The van der Waals surface area contributed by atoms with Crippen LogP contribution in [-0.2, 0) is 27.0 Å². The van der Waals surface area contributed by atoms with E-state index in [0.717, 1.165) is 17.0 Å². The molecule has 240 valence electrons. The van der Waals surface area contributed by atoms with E-state index in [1.165, 1.54) is 17.9 Å². The number of rotatable bonds is 5. The maximum atomic E-state index is 13.7. The van der Waals surface area contributed by atoms with Crippen LogP contribution in [0, 0.1) is 10.3 Å². The first kappa shape index (κ1) is 32.8. The van der Waals surface area contributed by atoms with Gasteiger partial charge in [-0.05, 0) is 48.9 Å². The minimum Gasteiger partial charge on any atom is -0.426 e. The van der Waals surface area contributed by atoms with Gasteiger partial charge in [0.25, 0.3) is 6.10 Å². The van der Waals surface area contributed by atoms with E-state index in [4.69, 9.17) is 4.74 Å². The van der Waals surface area contributed by atoms with Gasteiger partial charge in [-0.3, -0.25) is 9.69 Å². The number of carbonyl (C=O) groups excluding carboxylic acids is 2. The van der Waals surface area contributed by atoms with Gasteiger partial charge in [-0.2, -0.15) is 39.5 Å². The van der Waals surface area contributed by atoms with Crippen LogP contribution in [0.1, 0.15) is 30.9 Å². The molecule has 0 radical (unpaired) electrons. The van der Waals surface area contributed by atoms with Gasteiger partial charge in [0, 0.05) is 50.1 Å². The van der Waals surface area contributed by atoms with Crippen LogP contribution >= 0.6 is 0 Å². The van der Waals surface area contributed by atoms with Gasteiger partial charge < -0.3 is 19.3 Å². The summed E-state index contributed by atoms with van der Waals surface area (Å²) in [6.45, 7) is 1.81. The number of amides is 2. The van der Waals surface area contributed by atoms with Crippen LogP contribution in [-0.4, -0.2) is 91.7 Å². The van der Waals surface area contributed by atoms with Crippen LogP contribution in [0.5, 0.6) is 0 Å². The fourth-order valence-corrected chi connectivity index (χ4v) is 5.67. The smallest absolute Gasteiger partial charge is 0.426 e. The topological polar surface area (TPSA) is 91.8 Å². The predicted octanol–water partition coefficient (Wildman–Crippen LogP) is 5.12. The minimum atomic E-state index is -5.83. The highest BCUT2D eigenvalue weighted by Gasteiger charge is 2.60. The monoisotopic (exact) mass is 634 g/mol. The lowest BCUT2D eigenvalue weighted by molar-refractivity contribution is -0.308. The molecule has 1 spiro atoms. The Morgan fingerprint density at radius 2 is 1.56 bits per heavy atom. The molecule has 1 aromatic carbocycles. The molecular weight excluding hydrogens is 607 g/mol. The molecular formula is C25H27F9N4O5. The molecule has 0 aromatic heterocycles. The first-order chi connectivity index (χ1) is 19.7. The number of anilines is 1. The average Bonchev–Trinajstić information content (AvgIpc) is 2.88. The number of carbonyl (C=O) groups is 2. The van der Waals surface area contributed by atoms with Gasteiger partial charge in [0.2, 0.25) is 0 Å². The summed E-state index contributed by atoms with van der Waals surface area (Å²) in [4.78, 5) is 38.9. The molecule has 1 unspecified atom stereocenters. The zero-order valence-electron chi connectivity index (χ0n) is 22.6. The van der Waals surface area contributed by atoms with Gasteiger partial charge in [-0.15, -0.1) is 4.91 Å². The molecule has 18 heteroatoms. The van der Waals surface area contributed by atoms with Crippen LogP contribution in [0.25, 0.3) is 0 Å². The van der Waals surface area contributed by atoms with Crippen molar-refractivity contribution in [2.45, 2.75) is 56.5 Å². The summed E-state index contributed by atoms with van der Waals surface area (Å²) in [5.74, 6) is -1.09. The molecule has 0 N–H and O–H groups in total. The Kier molecular flexibility index (Phi) is 8.69. The molecule has 3 saturated heterocycles. The fraction of sp³-hybridized carbons (Fsp3) is 0.680. The Morgan fingerprint density at radius 3 is 2.09 bits per heavy atom. The van der Waals surface area contributed by atoms with E-state index >= 15 is 0 Å². The van der Waals surface area contributed by atoms with Crippen molar-refractivity contribution in [3.8, 4) is 0 Å². The van der Waals surface area contributed by atoms with E-state index < -0.39 is 53.2 Å². The maximum absolute atomic E-state index is 13.7. The van der Waals surface area contributed by atoms with Crippen LogP contribution in [0.3, 0.4) is 0 Å². The minimum absolute atomic E-state index is 0.0321. The molecule has 1 atom stereocenters. The third-order valence-electron chi connectivity index (χ3n) is 7.90. The summed E-state index contributed by atoms with van der Waals surface area (Å²) in [6, 6.07) is 3.45. The molecule has 3 aliphatic heterocycles. The van der Waals surface area contributed by atoms with Gasteiger partial charge in [-0.1, -0.05) is 0 Å². The molecule has 0 saturated carbocycles. The number of halogens is 9. The van der Waals surface area contributed by atoms with Crippen molar-refractivity contribution < 1.29 is 58.6 Å². The molecule has 1 aromatic rings. The number of morpholine rings is 1. The Morgan fingerprint density at radius 1 is 0.953 bits per heavy atom. The maximum Gasteiger partial charge on any atom is 0.434 e. The number of hydrogen-bond acceptors (Lipinski definition) is 7. The van der Waals surface area contributed by atoms with Gasteiger partial charge in [0.15, 0.2) is 5.60 Å². The SMILES string of the molecule is CC1(C(=O)N=O)CN(c2cc(CN3CC4(CCN(C(=O)OC(C(F)(F)F)C(F)(F)F)CC4)C3)cc(C(F)(F)F)c2)CCO1. The number of ether oxygens (including phenoxy) is 2. The van der Waals surface area contributed by atoms with Crippen molar-refractivity contribution >= 4 is 17.7 Å². The van der Waals surface area contributed by atoms with E-state index in [1.54, 1.807) is 0 Å². The number of nitrogens with zero attached hydrogens (tertiary/aromatic N) is 4. The molecule has 9 nitrogen and oxygen atoms in total. The average molecular weight is 634 g/mol. The quantitative estimate of drug-likeness (QED) is 0.328. The van der Waals surface area contributed by atoms with Gasteiger partial charge in [0.05, 0.1) is 18.7 Å². The lowest BCUT2D eigenvalue weighted by Crippen LogP contribution is -2.60. The number of benzene rings is 1. The van der Waals surface area contributed by atoms with Gasteiger partial charge >= 0.3 is 30.5 Å². The zero-order valence-corrected chi connectivity index (χ0v) is 22.6. The molecule has 3 fully saturated rings. The first-order valence-corrected chi connectivity index (χ1v) is 13.0. The van der Waals surface area contributed by atoms with Crippen LogP contribution < -0.4 is 4.90 Å². The lowest BCUT2D eigenvalue weighted by atomic mass is 9.72. The summed E-state index contributed by atoms with van der Waals surface area (Å²) in [6.07, 6.45) is -21.8. The summed E-state index contributed by atoms with van der Waals surface area (Å²) in [5, 5.41) is 2.39. The van der Waals surface area contributed by atoms with E-state index in [0.29, 0.717) is 18.7 Å². The Hall–Kier alpha value is -3.15. The van der Waals surface area contributed by atoms with Gasteiger partial charge in [-0.25, -0.2) is 4.79 Å². The predicted molar refractivity (Wildman–Crippen MR) is 130 cm³/mol. The summed E-state index contributed by atoms with van der Waals surface area (Å²) in [5.41, 5.74) is -2.50. The first-order valence-electron chi connectivity index (χ1n) is 13.0. The molecule has 4 rings (SSSR count). The molecule has 0 bridgehead atoms. The van der Waals surface area contributed by atoms with E-state index in [2.05, 4.69) is 9.91 Å². The number of hydrogen-bond donors (Lipinski definition) is 0. The van der Waals surface area contributed by atoms with Crippen molar-refractivity contribution in [1.82, 2.24) is 9.80 Å². The van der Waals surface area contributed by atoms with Crippen LogP contribution in [0.4, 0.5) is 50.0 Å². The normalized spacial score (nSPS) is 23.3. The van der Waals surface area contributed by atoms with E-state index in [-0.39, 0.29) is 57.9 Å². The highest BCUT2D eigenvalue weighted by atomic mass is 19.4. The molecule has 2 amide bonds. The largest absolute Gasteiger partial charge is 0.434 e. The second-order valence-corrected chi connectivity index (χ2v) is 11.3. The second-order valence-electron chi connectivity index (χ2n) is 11.3. The zero-order chi connectivity index (χ0) is 32.0. The van der Waals surface area contributed by atoms with Crippen LogP contribution in [0.15, 0.2) is 23.4 Å². The Balaban J connectivity index is 1.39. The summed E-state index contributed by atoms with van der Waals surface area (Å²) >= 11 is 0. The van der Waals surface area contributed by atoms with Crippen molar-refractivity contribution in [3.63, 3.8) is 0 Å². The number of likely N-dealkylation sites (tertiary alicyclic amines) is 2. The molecule has 43 heavy (non-hydrogen) atoms. The van der Waals surface area contributed by atoms with Crippen molar-refractivity contribution in [2.24, 2.45) is 10.6 Å². The lowest BCUT2D eigenvalue weighted by Gasteiger charge is -2.54. The van der Waals surface area contributed by atoms with Gasteiger partial charge in [0.1, 0.15) is 0 Å². The summed E-state index contributed by atoms with van der Waals surface area (Å²) < 4.78 is 127. The summed E-state index contributed by atoms with van der Waals surface area (Å²) in [7, 11) is 0. The van der Waals surface area contributed by atoms with Crippen molar-refractivity contribution in [1.29, 1.82) is 0 Å². The Labute approximate surface area is 238 Å². The van der Waals surface area contributed by atoms with Crippen LogP contribution in [0.2, 0.25) is 0 Å². The second kappa shape index (κ2) is 11.4. The van der Waals surface area contributed by atoms with E-state index in [9.17, 15) is 54.0 Å². The highest BCUT2D eigenvalue weighted by molar-refractivity contribution is 5.86. The third kappa shape index (κ3) is 7.33. The highest BCUT2D eigenvalue weighted by Crippen LogP contribution is 2.43.